The minimum Gasteiger partial charge on any atom is -0.379 e. The summed E-state index contributed by atoms with van der Waals surface area (Å²) in [7, 11) is 1.86. The fourth-order valence-corrected chi connectivity index (χ4v) is 2.95. The standard InChI is InChI=1S/C14H19BrN2O2/c1-9(10-5-3-4-6-12(10)15)17-14(18)11-7-19-8-13(11)16-2/h3-6,9,11,13,16H,7-8H2,1-2H3,(H,17,18)/t9-,11?,13?/m0/s1. The van der Waals surface area contributed by atoms with E-state index in [2.05, 4.69) is 26.6 Å². The number of carbonyl (C=O) groups excluding carboxylic acids is 1. The van der Waals surface area contributed by atoms with Crippen molar-refractivity contribution in [2.45, 2.75) is 19.0 Å². The van der Waals surface area contributed by atoms with Crippen molar-refractivity contribution in [3.63, 3.8) is 0 Å². The van der Waals surface area contributed by atoms with Crippen molar-refractivity contribution in [1.29, 1.82) is 0 Å². The molecule has 1 saturated heterocycles. The smallest absolute Gasteiger partial charge is 0.227 e. The van der Waals surface area contributed by atoms with Gasteiger partial charge in [0, 0.05) is 10.5 Å². The van der Waals surface area contributed by atoms with E-state index in [1.54, 1.807) is 0 Å². The molecule has 4 nitrogen and oxygen atoms in total. The third-order valence-electron chi connectivity index (χ3n) is 3.52. The molecule has 1 fully saturated rings. The van der Waals surface area contributed by atoms with Crippen LogP contribution in [-0.2, 0) is 9.53 Å². The minimum absolute atomic E-state index is 0.0267. The molecule has 5 heteroatoms. The maximum Gasteiger partial charge on any atom is 0.227 e. The van der Waals surface area contributed by atoms with Gasteiger partial charge in [0.25, 0.3) is 0 Å². The van der Waals surface area contributed by atoms with Gasteiger partial charge in [0.05, 0.1) is 25.2 Å². The zero-order chi connectivity index (χ0) is 13.8. The Morgan fingerprint density at radius 3 is 2.84 bits per heavy atom. The maximum atomic E-state index is 12.3. The minimum atomic E-state index is -0.116. The fraction of sp³-hybridized carbons (Fsp3) is 0.500. The highest BCUT2D eigenvalue weighted by molar-refractivity contribution is 9.10. The molecule has 0 aromatic heterocycles. The van der Waals surface area contributed by atoms with Crippen molar-refractivity contribution < 1.29 is 9.53 Å². The molecule has 1 amide bonds. The van der Waals surface area contributed by atoms with E-state index in [9.17, 15) is 4.79 Å². The second-order valence-electron chi connectivity index (χ2n) is 4.79. The van der Waals surface area contributed by atoms with Crippen LogP contribution in [-0.4, -0.2) is 32.2 Å². The molecule has 104 valence electrons. The Bertz CT molecular complexity index is 453. The molecule has 0 spiro atoms. The lowest BCUT2D eigenvalue weighted by molar-refractivity contribution is -0.126. The molecule has 2 N–H and O–H groups in total. The maximum absolute atomic E-state index is 12.3. The average Bonchev–Trinajstić information content (AvgIpc) is 2.87. The molecule has 3 atom stereocenters. The first kappa shape index (κ1) is 14.5. The van der Waals surface area contributed by atoms with Crippen LogP contribution in [0.5, 0.6) is 0 Å². The van der Waals surface area contributed by atoms with Crippen LogP contribution in [0.2, 0.25) is 0 Å². The third-order valence-corrected chi connectivity index (χ3v) is 4.24. The normalized spacial score (nSPS) is 24.2. The summed E-state index contributed by atoms with van der Waals surface area (Å²) in [6, 6.07) is 8.00. The Hall–Kier alpha value is -0.910. The van der Waals surface area contributed by atoms with Gasteiger partial charge in [0.1, 0.15) is 0 Å². The molecule has 0 aliphatic carbocycles. The highest BCUT2D eigenvalue weighted by Gasteiger charge is 2.33. The fourth-order valence-electron chi connectivity index (χ4n) is 2.32. The number of rotatable bonds is 4. The van der Waals surface area contributed by atoms with E-state index in [4.69, 9.17) is 4.74 Å². The largest absolute Gasteiger partial charge is 0.379 e. The van der Waals surface area contributed by atoms with Crippen LogP contribution in [0.1, 0.15) is 18.5 Å². The molecule has 1 aromatic rings. The van der Waals surface area contributed by atoms with E-state index >= 15 is 0 Å². The van der Waals surface area contributed by atoms with Gasteiger partial charge in [-0.15, -0.1) is 0 Å². The van der Waals surface area contributed by atoms with E-state index in [1.807, 2.05) is 38.2 Å². The van der Waals surface area contributed by atoms with Crippen LogP contribution in [0.15, 0.2) is 28.7 Å². The Morgan fingerprint density at radius 1 is 1.42 bits per heavy atom. The molecular weight excluding hydrogens is 308 g/mol. The number of amides is 1. The Balaban J connectivity index is 2.01. The Morgan fingerprint density at radius 2 is 2.16 bits per heavy atom. The summed E-state index contributed by atoms with van der Waals surface area (Å²) in [6.07, 6.45) is 0. The van der Waals surface area contributed by atoms with Crippen molar-refractivity contribution in [1.82, 2.24) is 10.6 Å². The van der Waals surface area contributed by atoms with Gasteiger partial charge in [-0.2, -0.15) is 0 Å². The van der Waals surface area contributed by atoms with Crippen LogP contribution in [0, 0.1) is 5.92 Å². The summed E-state index contributed by atoms with van der Waals surface area (Å²) in [4.78, 5) is 12.3. The van der Waals surface area contributed by atoms with Gasteiger partial charge in [-0.1, -0.05) is 34.1 Å². The summed E-state index contributed by atoms with van der Waals surface area (Å²) in [5.74, 6) is -0.0740. The van der Waals surface area contributed by atoms with Crippen molar-refractivity contribution >= 4 is 21.8 Å². The molecule has 19 heavy (non-hydrogen) atoms. The lowest BCUT2D eigenvalue weighted by Gasteiger charge is -2.21. The summed E-state index contributed by atoms with van der Waals surface area (Å²) >= 11 is 3.51. The highest BCUT2D eigenvalue weighted by atomic mass is 79.9. The molecule has 2 unspecified atom stereocenters. The number of ether oxygens (including phenoxy) is 1. The zero-order valence-corrected chi connectivity index (χ0v) is 12.7. The average molecular weight is 327 g/mol. The van der Waals surface area contributed by atoms with E-state index in [0.29, 0.717) is 13.2 Å². The summed E-state index contributed by atoms with van der Waals surface area (Å²) < 4.78 is 6.37. The first-order valence-electron chi connectivity index (χ1n) is 6.43. The number of nitrogens with one attached hydrogen (secondary N) is 2. The highest BCUT2D eigenvalue weighted by Crippen LogP contribution is 2.23. The molecule has 1 aromatic carbocycles. The number of halogens is 1. The molecule has 0 bridgehead atoms. The van der Waals surface area contributed by atoms with Crippen molar-refractivity contribution in [2.75, 3.05) is 20.3 Å². The molecule has 1 aliphatic rings. The zero-order valence-electron chi connectivity index (χ0n) is 11.2. The SMILES string of the molecule is CNC1COCC1C(=O)N[C@@H](C)c1ccccc1Br. The van der Waals surface area contributed by atoms with E-state index in [-0.39, 0.29) is 23.9 Å². The van der Waals surface area contributed by atoms with Gasteiger partial charge in [-0.3, -0.25) is 4.79 Å². The van der Waals surface area contributed by atoms with Crippen molar-refractivity contribution in [3.8, 4) is 0 Å². The van der Waals surface area contributed by atoms with Crippen LogP contribution in [0.3, 0.4) is 0 Å². The molecule has 2 rings (SSSR count). The van der Waals surface area contributed by atoms with E-state index in [0.717, 1.165) is 10.0 Å². The molecule has 1 heterocycles. The predicted octanol–water partition coefficient (Wildman–Crippen LogP) is 1.86. The first-order chi connectivity index (χ1) is 9.13. The van der Waals surface area contributed by atoms with Crippen LogP contribution < -0.4 is 10.6 Å². The number of hydrogen-bond acceptors (Lipinski definition) is 3. The number of likely N-dealkylation sites (N-methyl/N-ethyl adjacent to an activating group) is 1. The number of hydrogen-bond donors (Lipinski definition) is 2. The van der Waals surface area contributed by atoms with Gasteiger partial charge in [-0.05, 0) is 25.6 Å². The molecule has 0 radical (unpaired) electrons. The number of benzene rings is 1. The van der Waals surface area contributed by atoms with Gasteiger partial charge in [-0.25, -0.2) is 0 Å². The molecule has 1 aliphatic heterocycles. The van der Waals surface area contributed by atoms with Crippen LogP contribution >= 0.6 is 15.9 Å². The van der Waals surface area contributed by atoms with Gasteiger partial charge in [0.15, 0.2) is 0 Å². The van der Waals surface area contributed by atoms with Crippen LogP contribution in [0.4, 0.5) is 0 Å². The summed E-state index contributed by atoms with van der Waals surface area (Å²) in [6.45, 7) is 3.07. The third kappa shape index (κ3) is 3.35. The Labute approximate surface area is 122 Å². The van der Waals surface area contributed by atoms with Gasteiger partial charge < -0.3 is 15.4 Å². The predicted molar refractivity (Wildman–Crippen MR) is 77.9 cm³/mol. The second kappa shape index (κ2) is 6.50. The van der Waals surface area contributed by atoms with Gasteiger partial charge in [0.2, 0.25) is 5.91 Å². The number of carbonyl (C=O) groups is 1. The first-order valence-corrected chi connectivity index (χ1v) is 7.22. The Kier molecular flexibility index (Phi) is 4.96. The molecule has 0 saturated carbocycles. The summed E-state index contributed by atoms with van der Waals surface area (Å²) in [5, 5.41) is 6.18. The second-order valence-corrected chi connectivity index (χ2v) is 5.65. The quantitative estimate of drug-likeness (QED) is 0.888. The van der Waals surface area contributed by atoms with Crippen LogP contribution in [0.25, 0.3) is 0 Å². The van der Waals surface area contributed by atoms with Crippen molar-refractivity contribution in [2.24, 2.45) is 5.92 Å². The monoisotopic (exact) mass is 326 g/mol. The van der Waals surface area contributed by atoms with Crippen molar-refractivity contribution in [3.05, 3.63) is 34.3 Å². The lowest BCUT2D eigenvalue weighted by atomic mass is 10.0. The van der Waals surface area contributed by atoms with Gasteiger partial charge >= 0.3 is 0 Å². The van der Waals surface area contributed by atoms with E-state index in [1.165, 1.54) is 0 Å². The lowest BCUT2D eigenvalue weighted by Crippen LogP contribution is -2.43. The summed E-state index contributed by atoms with van der Waals surface area (Å²) in [5.41, 5.74) is 1.08. The van der Waals surface area contributed by atoms with E-state index < -0.39 is 0 Å². The molecular formula is C14H19BrN2O2. The topological polar surface area (TPSA) is 50.4 Å².